The predicted octanol–water partition coefficient (Wildman–Crippen LogP) is 6.61. The molecule has 1 rings (SSSR count). The highest BCUT2D eigenvalue weighted by Crippen LogP contribution is 2.34. The lowest BCUT2D eigenvalue weighted by Crippen LogP contribution is -2.33. The zero-order chi connectivity index (χ0) is 25.8. The summed E-state index contributed by atoms with van der Waals surface area (Å²) in [6.07, 6.45) is 10.2. The first-order valence-corrected chi connectivity index (χ1v) is 13.3. The standard InChI is InChI=1S/C28H50O6/c1-9-18-27(6,7)34-26(30)17-16-25(29)33-22(5)32-20-24-14-12-23(13-15-24)19-31-21(4)28(8,10-2)11-3/h16-17,21-24H,9-15,18-20H2,1-8H3/b17-16+. The first kappa shape index (κ1) is 30.6. The van der Waals surface area contributed by atoms with Crippen LogP contribution in [0, 0.1) is 17.3 Å². The van der Waals surface area contributed by atoms with Crippen molar-refractivity contribution < 1.29 is 28.5 Å². The SMILES string of the molecule is CCCC(C)(C)OC(=O)/C=C/C(=O)OC(C)OCC1CCC(COC(C)C(C)(CC)CC)CC1. The average molecular weight is 483 g/mol. The van der Waals surface area contributed by atoms with Gasteiger partial charge in [-0.05, 0) is 89.9 Å². The second-order valence-corrected chi connectivity index (χ2v) is 10.8. The molecule has 6 heteroatoms. The van der Waals surface area contributed by atoms with Crippen LogP contribution in [0.5, 0.6) is 0 Å². The maximum absolute atomic E-state index is 12.0. The fraction of sp³-hybridized carbons (Fsp3) is 0.857. The Morgan fingerprint density at radius 1 is 0.853 bits per heavy atom. The van der Waals surface area contributed by atoms with Gasteiger partial charge in [0.2, 0.25) is 0 Å². The molecule has 2 unspecified atom stereocenters. The second-order valence-electron chi connectivity index (χ2n) is 10.8. The number of rotatable bonds is 15. The lowest BCUT2D eigenvalue weighted by Gasteiger charge is -2.36. The number of hydrogen-bond donors (Lipinski definition) is 0. The smallest absolute Gasteiger partial charge is 0.333 e. The largest absolute Gasteiger partial charge is 0.457 e. The van der Waals surface area contributed by atoms with Crippen LogP contribution in [0.2, 0.25) is 0 Å². The van der Waals surface area contributed by atoms with E-state index in [0.717, 1.165) is 70.1 Å². The first-order chi connectivity index (χ1) is 15.9. The van der Waals surface area contributed by atoms with E-state index in [9.17, 15) is 9.59 Å². The number of ether oxygens (including phenoxy) is 4. The van der Waals surface area contributed by atoms with Crippen molar-refractivity contribution >= 4 is 11.9 Å². The van der Waals surface area contributed by atoms with E-state index >= 15 is 0 Å². The van der Waals surface area contributed by atoms with Crippen molar-refractivity contribution in [1.29, 1.82) is 0 Å². The van der Waals surface area contributed by atoms with Crippen molar-refractivity contribution in [3.8, 4) is 0 Å². The molecule has 0 spiro atoms. The molecule has 1 aliphatic carbocycles. The fourth-order valence-electron chi connectivity index (χ4n) is 4.48. The summed E-state index contributed by atoms with van der Waals surface area (Å²) in [5.41, 5.74) is -0.300. The summed E-state index contributed by atoms with van der Waals surface area (Å²) >= 11 is 0. The van der Waals surface area contributed by atoms with Crippen molar-refractivity contribution in [2.24, 2.45) is 17.3 Å². The molecule has 0 aromatic heterocycles. The highest BCUT2D eigenvalue weighted by atomic mass is 16.7. The van der Waals surface area contributed by atoms with Crippen LogP contribution in [0.25, 0.3) is 0 Å². The molecule has 0 radical (unpaired) electrons. The van der Waals surface area contributed by atoms with Gasteiger partial charge in [0.05, 0.1) is 12.7 Å². The molecular formula is C28H50O6. The van der Waals surface area contributed by atoms with Crippen molar-refractivity contribution in [3.63, 3.8) is 0 Å². The van der Waals surface area contributed by atoms with Gasteiger partial charge in [-0.3, -0.25) is 0 Å². The Bertz CT molecular complexity index is 629. The van der Waals surface area contributed by atoms with Gasteiger partial charge in [0.15, 0.2) is 6.29 Å². The third kappa shape index (κ3) is 11.4. The van der Waals surface area contributed by atoms with Gasteiger partial charge in [0.1, 0.15) is 5.60 Å². The molecule has 0 aromatic carbocycles. The molecule has 0 aromatic rings. The molecule has 6 nitrogen and oxygen atoms in total. The van der Waals surface area contributed by atoms with Gasteiger partial charge in [-0.25, -0.2) is 9.59 Å². The van der Waals surface area contributed by atoms with Crippen LogP contribution >= 0.6 is 0 Å². The first-order valence-electron chi connectivity index (χ1n) is 13.3. The Morgan fingerprint density at radius 3 is 1.85 bits per heavy atom. The number of carbonyl (C=O) groups is 2. The van der Waals surface area contributed by atoms with Crippen LogP contribution < -0.4 is 0 Å². The Kier molecular flexibility index (Phi) is 13.4. The van der Waals surface area contributed by atoms with Crippen molar-refractivity contribution in [2.75, 3.05) is 13.2 Å². The van der Waals surface area contributed by atoms with Gasteiger partial charge in [-0.2, -0.15) is 0 Å². The van der Waals surface area contributed by atoms with Crippen LogP contribution in [0.15, 0.2) is 12.2 Å². The fourth-order valence-corrected chi connectivity index (χ4v) is 4.48. The quantitative estimate of drug-likeness (QED) is 0.149. The molecule has 1 aliphatic rings. The van der Waals surface area contributed by atoms with E-state index in [1.54, 1.807) is 6.92 Å². The minimum atomic E-state index is -0.660. The van der Waals surface area contributed by atoms with Crippen LogP contribution in [-0.4, -0.2) is 43.1 Å². The Balaban J connectivity index is 2.27. The lowest BCUT2D eigenvalue weighted by atomic mass is 9.79. The molecule has 0 heterocycles. The van der Waals surface area contributed by atoms with E-state index < -0.39 is 23.8 Å². The highest BCUT2D eigenvalue weighted by molar-refractivity contribution is 5.91. The molecule has 0 amide bonds. The number of hydrogen-bond acceptors (Lipinski definition) is 6. The van der Waals surface area contributed by atoms with Crippen LogP contribution in [0.1, 0.15) is 107 Å². The Labute approximate surface area is 208 Å². The molecule has 1 fully saturated rings. The van der Waals surface area contributed by atoms with Gasteiger partial charge in [-0.1, -0.05) is 34.1 Å². The zero-order valence-electron chi connectivity index (χ0n) is 23.0. The zero-order valence-corrected chi connectivity index (χ0v) is 23.0. The van der Waals surface area contributed by atoms with Crippen molar-refractivity contribution in [2.45, 2.75) is 125 Å². The Hall–Kier alpha value is -1.40. The minimum Gasteiger partial charge on any atom is -0.457 e. The number of esters is 2. The number of carbonyl (C=O) groups excluding carboxylic acids is 2. The monoisotopic (exact) mass is 482 g/mol. The summed E-state index contributed by atoms with van der Waals surface area (Å²) in [6, 6.07) is 0. The average Bonchev–Trinajstić information content (AvgIpc) is 2.79. The summed E-state index contributed by atoms with van der Waals surface area (Å²) in [4.78, 5) is 23.9. The predicted molar refractivity (Wildman–Crippen MR) is 135 cm³/mol. The van der Waals surface area contributed by atoms with Crippen molar-refractivity contribution in [1.82, 2.24) is 0 Å². The van der Waals surface area contributed by atoms with E-state index in [1.165, 1.54) is 0 Å². The third-order valence-electron chi connectivity index (χ3n) is 7.58. The molecule has 198 valence electrons. The molecule has 2 atom stereocenters. The van der Waals surface area contributed by atoms with Crippen molar-refractivity contribution in [3.05, 3.63) is 12.2 Å². The summed E-state index contributed by atoms with van der Waals surface area (Å²) in [7, 11) is 0. The summed E-state index contributed by atoms with van der Waals surface area (Å²) in [5.74, 6) is -0.0798. The normalized spacial score (nSPS) is 21.3. The van der Waals surface area contributed by atoms with Gasteiger partial charge in [0, 0.05) is 18.8 Å². The molecule has 0 bridgehead atoms. The minimum absolute atomic E-state index is 0.250. The van der Waals surface area contributed by atoms with E-state index in [-0.39, 0.29) is 11.5 Å². The molecule has 1 saturated carbocycles. The summed E-state index contributed by atoms with van der Waals surface area (Å²) in [5, 5.41) is 0. The molecular weight excluding hydrogens is 432 g/mol. The summed E-state index contributed by atoms with van der Waals surface area (Å²) < 4.78 is 22.6. The van der Waals surface area contributed by atoms with E-state index in [1.807, 2.05) is 20.8 Å². The third-order valence-corrected chi connectivity index (χ3v) is 7.58. The highest BCUT2D eigenvalue weighted by Gasteiger charge is 2.30. The van der Waals surface area contributed by atoms with E-state index in [2.05, 4.69) is 27.7 Å². The van der Waals surface area contributed by atoms with Gasteiger partial charge in [0.25, 0.3) is 0 Å². The van der Waals surface area contributed by atoms with E-state index in [4.69, 9.17) is 18.9 Å². The Morgan fingerprint density at radius 2 is 1.35 bits per heavy atom. The maximum atomic E-state index is 12.0. The summed E-state index contributed by atoms with van der Waals surface area (Å²) in [6.45, 7) is 17.9. The molecule has 0 saturated heterocycles. The molecule has 0 aliphatic heterocycles. The van der Waals surface area contributed by atoms with Gasteiger partial charge < -0.3 is 18.9 Å². The van der Waals surface area contributed by atoms with Crippen LogP contribution in [-0.2, 0) is 28.5 Å². The molecule has 34 heavy (non-hydrogen) atoms. The van der Waals surface area contributed by atoms with Gasteiger partial charge in [-0.15, -0.1) is 0 Å². The maximum Gasteiger partial charge on any atom is 0.333 e. The molecule has 0 N–H and O–H groups in total. The van der Waals surface area contributed by atoms with E-state index in [0.29, 0.717) is 18.4 Å². The topological polar surface area (TPSA) is 71.1 Å². The van der Waals surface area contributed by atoms with Crippen LogP contribution in [0.3, 0.4) is 0 Å². The van der Waals surface area contributed by atoms with Crippen LogP contribution in [0.4, 0.5) is 0 Å². The van der Waals surface area contributed by atoms with Gasteiger partial charge >= 0.3 is 11.9 Å². The second kappa shape index (κ2) is 14.9. The lowest BCUT2D eigenvalue weighted by molar-refractivity contribution is -0.172.